The van der Waals surface area contributed by atoms with Crippen LogP contribution in [0.5, 0.6) is 0 Å². The molecule has 1 fully saturated rings. The van der Waals surface area contributed by atoms with Gasteiger partial charge in [0.15, 0.2) is 0 Å². The van der Waals surface area contributed by atoms with Gasteiger partial charge in [-0.3, -0.25) is 4.79 Å². The molecule has 1 heterocycles. The van der Waals surface area contributed by atoms with Gasteiger partial charge in [-0.1, -0.05) is 6.42 Å². The molecule has 1 aliphatic carbocycles. The predicted octanol–water partition coefficient (Wildman–Crippen LogP) is 5.20. The van der Waals surface area contributed by atoms with Crippen molar-refractivity contribution < 1.29 is 22.4 Å². The smallest absolute Gasteiger partial charge is 0.349 e. The molecule has 0 aliphatic heterocycles. The first kappa shape index (κ1) is 17.2. The number of alkyl halides is 3. The highest BCUT2D eigenvalue weighted by atomic mass is 32.1. The summed E-state index contributed by atoms with van der Waals surface area (Å²) in [6, 6.07) is 3.84. The molecule has 7 heteroatoms. The minimum Gasteiger partial charge on any atom is -0.349 e. The average molecular weight is 359 g/mol. The lowest BCUT2D eigenvalue weighted by Gasteiger charge is -2.30. The van der Waals surface area contributed by atoms with Crippen LogP contribution in [0.4, 0.5) is 17.6 Å². The van der Waals surface area contributed by atoms with E-state index in [4.69, 9.17) is 0 Å². The predicted molar refractivity (Wildman–Crippen MR) is 85.8 cm³/mol. The van der Waals surface area contributed by atoms with Gasteiger partial charge in [-0.15, -0.1) is 11.3 Å². The fourth-order valence-corrected chi connectivity index (χ4v) is 4.37. The highest BCUT2D eigenvalue weighted by Gasteiger charge is 2.42. The monoisotopic (exact) mass is 359 g/mol. The Morgan fingerprint density at radius 3 is 2.75 bits per heavy atom. The molecular formula is C17H17F4NOS. The number of hydrogen-bond donors (Lipinski definition) is 1. The number of amides is 1. The fourth-order valence-electron chi connectivity index (χ4n) is 3.28. The van der Waals surface area contributed by atoms with Crippen molar-refractivity contribution in [3.63, 3.8) is 0 Å². The quantitative estimate of drug-likeness (QED) is 0.734. The van der Waals surface area contributed by atoms with Crippen molar-refractivity contribution in [3.05, 3.63) is 34.5 Å². The van der Waals surface area contributed by atoms with E-state index in [1.165, 1.54) is 23.5 Å². The highest BCUT2D eigenvalue weighted by molar-refractivity contribution is 7.21. The standard InChI is InChI=1S/C17H17F4NOS/c1-9-13-8-11(18)5-6-14(13)24-15(9)16(23)22-12-4-2-3-10(7-12)17(19,20)21/h5-6,8,10,12H,2-4,7H2,1H3,(H,22,23). The normalized spacial score (nSPS) is 21.9. The lowest BCUT2D eigenvalue weighted by molar-refractivity contribution is -0.183. The number of hydrogen-bond acceptors (Lipinski definition) is 2. The molecule has 0 spiro atoms. The van der Waals surface area contributed by atoms with Gasteiger partial charge in [-0.25, -0.2) is 4.39 Å². The summed E-state index contributed by atoms with van der Waals surface area (Å²) < 4.78 is 52.8. The molecule has 1 aliphatic rings. The van der Waals surface area contributed by atoms with Crippen molar-refractivity contribution >= 4 is 27.3 Å². The van der Waals surface area contributed by atoms with Crippen LogP contribution in [0.2, 0.25) is 0 Å². The summed E-state index contributed by atoms with van der Waals surface area (Å²) in [5.41, 5.74) is 0.662. The molecule has 0 bridgehead atoms. The first-order valence-electron chi connectivity index (χ1n) is 7.82. The van der Waals surface area contributed by atoms with Gasteiger partial charge < -0.3 is 5.32 Å². The fraction of sp³-hybridized carbons (Fsp3) is 0.471. The molecule has 2 nitrogen and oxygen atoms in total. The lowest BCUT2D eigenvalue weighted by Crippen LogP contribution is -2.41. The second kappa shape index (κ2) is 6.35. The number of fused-ring (bicyclic) bond motifs is 1. The molecule has 1 saturated carbocycles. The number of thiophene rings is 1. The second-order valence-corrected chi connectivity index (χ2v) is 7.32. The van der Waals surface area contributed by atoms with Crippen molar-refractivity contribution in [1.82, 2.24) is 5.32 Å². The Morgan fingerprint density at radius 2 is 2.04 bits per heavy atom. The topological polar surface area (TPSA) is 29.1 Å². The number of aryl methyl sites for hydroxylation is 1. The molecule has 0 radical (unpaired) electrons. The Balaban J connectivity index is 1.77. The summed E-state index contributed by atoms with van der Waals surface area (Å²) >= 11 is 1.23. The third-order valence-corrected chi connectivity index (χ3v) is 5.85. The molecule has 2 aromatic rings. The zero-order valence-corrected chi connectivity index (χ0v) is 13.9. The van der Waals surface area contributed by atoms with Gasteiger partial charge in [-0.2, -0.15) is 13.2 Å². The van der Waals surface area contributed by atoms with Crippen molar-refractivity contribution in [3.8, 4) is 0 Å². The van der Waals surface area contributed by atoms with Gasteiger partial charge in [0.05, 0.1) is 10.8 Å². The number of halogens is 4. The van der Waals surface area contributed by atoms with Crippen LogP contribution in [0.1, 0.15) is 40.9 Å². The van der Waals surface area contributed by atoms with Gasteiger partial charge in [0, 0.05) is 10.7 Å². The third-order valence-electron chi connectivity index (χ3n) is 4.58. The van der Waals surface area contributed by atoms with Crippen molar-refractivity contribution in [2.45, 2.75) is 44.8 Å². The van der Waals surface area contributed by atoms with Crippen LogP contribution in [-0.2, 0) is 0 Å². The van der Waals surface area contributed by atoms with Crippen molar-refractivity contribution in [2.24, 2.45) is 5.92 Å². The Bertz CT molecular complexity index is 768. The van der Waals surface area contributed by atoms with E-state index in [1.54, 1.807) is 13.0 Å². The first-order valence-corrected chi connectivity index (χ1v) is 8.63. The molecular weight excluding hydrogens is 342 g/mol. The highest BCUT2D eigenvalue weighted by Crippen LogP contribution is 2.38. The number of nitrogens with one attached hydrogen (secondary N) is 1. The number of benzene rings is 1. The zero-order valence-electron chi connectivity index (χ0n) is 13.0. The van der Waals surface area contributed by atoms with Crippen LogP contribution in [0.15, 0.2) is 18.2 Å². The molecule has 1 amide bonds. The van der Waals surface area contributed by atoms with E-state index in [9.17, 15) is 22.4 Å². The SMILES string of the molecule is Cc1c(C(=O)NC2CCCC(C(F)(F)F)C2)sc2ccc(F)cc12. The minimum absolute atomic E-state index is 0.0756. The zero-order chi connectivity index (χ0) is 17.5. The van der Waals surface area contributed by atoms with Crippen molar-refractivity contribution in [2.75, 3.05) is 0 Å². The van der Waals surface area contributed by atoms with Gasteiger partial charge in [-0.05, 0) is 55.3 Å². The van der Waals surface area contributed by atoms with E-state index in [2.05, 4.69) is 5.32 Å². The lowest BCUT2D eigenvalue weighted by atomic mass is 9.85. The second-order valence-electron chi connectivity index (χ2n) is 6.27. The number of rotatable bonds is 2. The van der Waals surface area contributed by atoms with Crippen LogP contribution in [0, 0.1) is 18.7 Å². The van der Waals surface area contributed by atoms with E-state index in [-0.39, 0.29) is 24.6 Å². The molecule has 2 atom stereocenters. The molecule has 24 heavy (non-hydrogen) atoms. The average Bonchev–Trinajstić information content (AvgIpc) is 2.84. The molecule has 1 aromatic carbocycles. The molecule has 1 aromatic heterocycles. The largest absolute Gasteiger partial charge is 0.391 e. The van der Waals surface area contributed by atoms with Gasteiger partial charge in [0.1, 0.15) is 5.82 Å². The van der Waals surface area contributed by atoms with E-state index in [0.29, 0.717) is 28.7 Å². The van der Waals surface area contributed by atoms with Crippen LogP contribution >= 0.6 is 11.3 Å². The Labute approximate surface area is 140 Å². The van der Waals surface area contributed by atoms with Gasteiger partial charge in [0.25, 0.3) is 5.91 Å². The molecule has 1 N–H and O–H groups in total. The molecule has 130 valence electrons. The Hall–Kier alpha value is -1.63. The summed E-state index contributed by atoms with van der Waals surface area (Å²) in [7, 11) is 0. The summed E-state index contributed by atoms with van der Waals surface area (Å²) in [6.45, 7) is 1.73. The van der Waals surface area contributed by atoms with E-state index < -0.39 is 18.1 Å². The van der Waals surface area contributed by atoms with E-state index >= 15 is 0 Å². The third kappa shape index (κ3) is 3.41. The van der Waals surface area contributed by atoms with E-state index in [0.717, 1.165) is 4.70 Å². The van der Waals surface area contributed by atoms with Crippen LogP contribution in [0.25, 0.3) is 10.1 Å². The summed E-state index contributed by atoms with van der Waals surface area (Å²) in [6.07, 6.45) is -3.16. The number of carbonyl (C=O) groups excluding carboxylic acids is 1. The summed E-state index contributed by atoms with van der Waals surface area (Å²) in [5.74, 6) is -2.10. The molecule has 0 saturated heterocycles. The first-order chi connectivity index (χ1) is 11.3. The maximum Gasteiger partial charge on any atom is 0.391 e. The van der Waals surface area contributed by atoms with Crippen LogP contribution in [-0.4, -0.2) is 18.1 Å². The molecule has 3 rings (SSSR count). The summed E-state index contributed by atoms with van der Waals surface area (Å²) in [4.78, 5) is 12.9. The molecule has 2 unspecified atom stereocenters. The van der Waals surface area contributed by atoms with Gasteiger partial charge in [0.2, 0.25) is 0 Å². The maximum absolute atomic E-state index is 13.4. The minimum atomic E-state index is -4.21. The van der Waals surface area contributed by atoms with Crippen LogP contribution in [0.3, 0.4) is 0 Å². The maximum atomic E-state index is 13.4. The summed E-state index contributed by atoms with van der Waals surface area (Å²) in [5, 5.41) is 3.40. The van der Waals surface area contributed by atoms with Crippen LogP contribution < -0.4 is 5.32 Å². The van der Waals surface area contributed by atoms with E-state index in [1.807, 2.05) is 0 Å². The Kier molecular flexibility index (Phi) is 4.55. The Morgan fingerprint density at radius 1 is 1.29 bits per heavy atom. The number of carbonyl (C=O) groups is 1. The van der Waals surface area contributed by atoms with Crippen molar-refractivity contribution in [1.29, 1.82) is 0 Å². The van der Waals surface area contributed by atoms with Gasteiger partial charge >= 0.3 is 6.18 Å².